The summed E-state index contributed by atoms with van der Waals surface area (Å²) >= 11 is 0. The maximum atomic E-state index is 11.6. The molecule has 0 aromatic rings. The highest BCUT2D eigenvalue weighted by molar-refractivity contribution is 5.78. The highest BCUT2D eigenvalue weighted by Crippen LogP contribution is 2.22. The monoisotopic (exact) mass is 200 g/mol. The summed E-state index contributed by atoms with van der Waals surface area (Å²) in [6.45, 7) is 6.23. The lowest BCUT2D eigenvalue weighted by molar-refractivity contribution is -0.136. The molecule has 1 fully saturated rings. The van der Waals surface area contributed by atoms with Crippen LogP contribution in [0.4, 0.5) is 0 Å². The van der Waals surface area contributed by atoms with Gasteiger partial charge in [-0.3, -0.25) is 4.79 Å². The van der Waals surface area contributed by atoms with Crippen molar-refractivity contribution in [3.63, 3.8) is 0 Å². The minimum absolute atomic E-state index is 0.0929. The number of likely N-dealkylation sites (tertiary alicyclic amines) is 1. The summed E-state index contributed by atoms with van der Waals surface area (Å²) < 4.78 is 5.12. The number of ether oxygens (including phenoxy) is 1. The van der Waals surface area contributed by atoms with Crippen LogP contribution in [0, 0.1) is 5.92 Å². The molecule has 1 amide bonds. The molecular formula is C10H20N2O2. The molecule has 1 aliphatic heterocycles. The second kappa shape index (κ2) is 5.32. The van der Waals surface area contributed by atoms with Crippen molar-refractivity contribution in [2.24, 2.45) is 11.7 Å². The van der Waals surface area contributed by atoms with Crippen molar-refractivity contribution in [2.45, 2.75) is 26.3 Å². The third kappa shape index (κ3) is 2.96. The second-order valence-electron chi connectivity index (χ2n) is 4.08. The van der Waals surface area contributed by atoms with Crippen molar-refractivity contribution in [1.29, 1.82) is 0 Å². The van der Waals surface area contributed by atoms with Crippen molar-refractivity contribution >= 4 is 5.91 Å². The fraction of sp³-hybridized carbons (Fsp3) is 0.900. The summed E-state index contributed by atoms with van der Waals surface area (Å²) in [6, 6.07) is 0.360. The van der Waals surface area contributed by atoms with Gasteiger partial charge in [0.2, 0.25) is 5.91 Å². The van der Waals surface area contributed by atoms with E-state index in [1.807, 2.05) is 4.90 Å². The Morgan fingerprint density at radius 1 is 1.57 bits per heavy atom. The van der Waals surface area contributed by atoms with Gasteiger partial charge in [-0.1, -0.05) is 6.92 Å². The van der Waals surface area contributed by atoms with Crippen molar-refractivity contribution in [3.05, 3.63) is 0 Å². The van der Waals surface area contributed by atoms with Crippen LogP contribution in [0.2, 0.25) is 0 Å². The van der Waals surface area contributed by atoms with Gasteiger partial charge in [0.05, 0.1) is 6.61 Å². The van der Waals surface area contributed by atoms with E-state index in [4.69, 9.17) is 10.5 Å². The van der Waals surface area contributed by atoms with Crippen molar-refractivity contribution in [2.75, 3.05) is 26.3 Å². The van der Waals surface area contributed by atoms with Gasteiger partial charge >= 0.3 is 0 Å². The van der Waals surface area contributed by atoms with Gasteiger partial charge in [0, 0.05) is 19.1 Å². The zero-order valence-corrected chi connectivity index (χ0v) is 9.03. The van der Waals surface area contributed by atoms with Gasteiger partial charge in [0.25, 0.3) is 0 Å². The molecule has 1 heterocycles. The van der Waals surface area contributed by atoms with E-state index >= 15 is 0 Å². The lowest BCUT2D eigenvalue weighted by Gasteiger charge is -2.21. The number of rotatable bonds is 4. The number of carbonyl (C=O) groups is 1. The van der Waals surface area contributed by atoms with Gasteiger partial charge in [-0.2, -0.15) is 0 Å². The Kier molecular flexibility index (Phi) is 4.35. The smallest absolute Gasteiger partial charge is 0.248 e. The zero-order valence-electron chi connectivity index (χ0n) is 9.03. The summed E-state index contributed by atoms with van der Waals surface area (Å²) in [5, 5.41) is 0. The Bertz CT molecular complexity index is 197. The molecule has 0 aromatic heterocycles. The van der Waals surface area contributed by atoms with Crippen molar-refractivity contribution in [1.82, 2.24) is 4.90 Å². The number of hydrogen-bond acceptors (Lipinski definition) is 3. The number of hydrogen-bond donors (Lipinski definition) is 1. The van der Waals surface area contributed by atoms with Crippen LogP contribution in [0.25, 0.3) is 0 Å². The Hall–Kier alpha value is -0.610. The van der Waals surface area contributed by atoms with Gasteiger partial charge in [-0.05, 0) is 19.3 Å². The molecule has 4 heteroatoms. The quantitative estimate of drug-likeness (QED) is 0.660. The second-order valence-corrected chi connectivity index (χ2v) is 4.08. The van der Waals surface area contributed by atoms with Crippen LogP contribution in [0.5, 0.6) is 0 Å². The lowest BCUT2D eigenvalue weighted by Crippen LogP contribution is -2.37. The predicted octanol–water partition coefficient (Wildman–Crippen LogP) is 0.219. The number of carbonyl (C=O) groups excluding carboxylic acids is 1. The Balaban J connectivity index is 2.30. The highest BCUT2D eigenvalue weighted by atomic mass is 16.5. The molecule has 2 atom stereocenters. The van der Waals surface area contributed by atoms with Crippen LogP contribution in [0.3, 0.4) is 0 Å². The third-order valence-corrected chi connectivity index (χ3v) is 2.59. The average Bonchev–Trinajstić information content (AvgIpc) is 2.45. The SMILES string of the molecule is CC1CC(C)N(C(=O)COCCN)C1. The molecule has 0 radical (unpaired) electrons. The number of nitrogens with zero attached hydrogens (tertiary/aromatic N) is 1. The normalized spacial score (nSPS) is 26.9. The highest BCUT2D eigenvalue weighted by Gasteiger charge is 2.29. The topological polar surface area (TPSA) is 55.6 Å². The first-order valence-corrected chi connectivity index (χ1v) is 5.22. The largest absolute Gasteiger partial charge is 0.370 e. The molecule has 0 aliphatic carbocycles. The molecule has 4 nitrogen and oxygen atoms in total. The van der Waals surface area contributed by atoms with Crippen LogP contribution in [-0.2, 0) is 9.53 Å². The summed E-state index contributed by atoms with van der Waals surface area (Å²) in [4.78, 5) is 13.5. The lowest BCUT2D eigenvalue weighted by atomic mass is 10.1. The van der Waals surface area contributed by atoms with Gasteiger partial charge in [-0.15, -0.1) is 0 Å². The van der Waals surface area contributed by atoms with E-state index in [1.54, 1.807) is 0 Å². The molecule has 0 spiro atoms. The van der Waals surface area contributed by atoms with E-state index in [1.165, 1.54) is 0 Å². The van der Waals surface area contributed by atoms with Gasteiger partial charge < -0.3 is 15.4 Å². The van der Waals surface area contributed by atoms with E-state index in [0.29, 0.717) is 25.1 Å². The van der Waals surface area contributed by atoms with E-state index in [9.17, 15) is 4.79 Å². The molecule has 0 saturated carbocycles. The van der Waals surface area contributed by atoms with Gasteiger partial charge in [0.15, 0.2) is 0 Å². The van der Waals surface area contributed by atoms with Crippen molar-refractivity contribution < 1.29 is 9.53 Å². The minimum atomic E-state index is 0.0929. The first-order chi connectivity index (χ1) is 6.65. The molecular weight excluding hydrogens is 180 g/mol. The number of amides is 1. The standard InChI is InChI=1S/C10H20N2O2/c1-8-5-9(2)12(6-8)10(13)7-14-4-3-11/h8-9H,3-7,11H2,1-2H3. The molecule has 0 aromatic carbocycles. The van der Waals surface area contributed by atoms with Crippen LogP contribution < -0.4 is 5.73 Å². The van der Waals surface area contributed by atoms with Crippen LogP contribution in [0.15, 0.2) is 0 Å². The first-order valence-electron chi connectivity index (χ1n) is 5.22. The molecule has 14 heavy (non-hydrogen) atoms. The summed E-state index contributed by atoms with van der Waals surface area (Å²) in [5.41, 5.74) is 5.27. The van der Waals surface area contributed by atoms with Gasteiger partial charge in [0.1, 0.15) is 6.61 Å². The summed E-state index contributed by atoms with van der Waals surface area (Å²) in [5.74, 6) is 0.707. The van der Waals surface area contributed by atoms with Crippen molar-refractivity contribution in [3.8, 4) is 0 Å². The molecule has 2 unspecified atom stereocenters. The third-order valence-electron chi connectivity index (χ3n) is 2.59. The molecule has 1 rings (SSSR count). The summed E-state index contributed by atoms with van der Waals surface area (Å²) in [6.07, 6.45) is 1.10. The maximum Gasteiger partial charge on any atom is 0.248 e. The Morgan fingerprint density at radius 2 is 2.29 bits per heavy atom. The Morgan fingerprint density at radius 3 is 2.79 bits per heavy atom. The van der Waals surface area contributed by atoms with E-state index in [2.05, 4.69) is 13.8 Å². The van der Waals surface area contributed by atoms with Crippen LogP contribution in [0.1, 0.15) is 20.3 Å². The zero-order chi connectivity index (χ0) is 10.6. The Labute approximate surface area is 85.4 Å². The molecule has 2 N–H and O–H groups in total. The maximum absolute atomic E-state index is 11.6. The molecule has 1 aliphatic rings. The van der Waals surface area contributed by atoms with Crippen LogP contribution in [-0.4, -0.2) is 43.2 Å². The predicted molar refractivity (Wildman–Crippen MR) is 54.8 cm³/mol. The minimum Gasteiger partial charge on any atom is -0.370 e. The first kappa shape index (κ1) is 11.5. The fourth-order valence-corrected chi connectivity index (χ4v) is 1.97. The van der Waals surface area contributed by atoms with E-state index < -0.39 is 0 Å². The van der Waals surface area contributed by atoms with E-state index in [-0.39, 0.29) is 12.5 Å². The average molecular weight is 200 g/mol. The molecule has 1 saturated heterocycles. The van der Waals surface area contributed by atoms with E-state index in [0.717, 1.165) is 13.0 Å². The van der Waals surface area contributed by atoms with Gasteiger partial charge in [-0.25, -0.2) is 0 Å². The molecule has 0 bridgehead atoms. The van der Waals surface area contributed by atoms with Crippen LogP contribution >= 0.6 is 0 Å². The fourth-order valence-electron chi connectivity index (χ4n) is 1.97. The molecule has 82 valence electrons. The number of nitrogens with two attached hydrogens (primary N) is 1. The summed E-state index contributed by atoms with van der Waals surface area (Å²) in [7, 11) is 0.